The standard InChI is InChI=1S/C7H19N3O2S/c1-7(9(2)3)6-8-13(11,12)10(4)5/h7-8H,6H2,1-5H3. The van der Waals surface area contributed by atoms with E-state index in [1.807, 2.05) is 25.9 Å². The smallest absolute Gasteiger partial charge is 0.278 e. The van der Waals surface area contributed by atoms with Gasteiger partial charge in [0.15, 0.2) is 0 Å². The normalized spacial score (nSPS) is 15.3. The first-order valence-corrected chi connectivity index (χ1v) is 5.55. The van der Waals surface area contributed by atoms with Crippen molar-refractivity contribution in [3.8, 4) is 0 Å². The van der Waals surface area contributed by atoms with Crippen LogP contribution in [0.15, 0.2) is 0 Å². The molecule has 80 valence electrons. The van der Waals surface area contributed by atoms with E-state index in [2.05, 4.69) is 4.72 Å². The van der Waals surface area contributed by atoms with Crippen molar-refractivity contribution in [2.24, 2.45) is 0 Å². The molecule has 0 bridgehead atoms. The molecule has 0 radical (unpaired) electrons. The molecule has 0 saturated carbocycles. The molecule has 0 amide bonds. The van der Waals surface area contributed by atoms with Gasteiger partial charge in [-0.05, 0) is 21.0 Å². The van der Waals surface area contributed by atoms with Gasteiger partial charge in [0.2, 0.25) is 0 Å². The maximum absolute atomic E-state index is 11.3. The average Bonchev–Trinajstić information content (AvgIpc) is 1.99. The molecule has 6 heteroatoms. The molecule has 13 heavy (non-hydrogen) atoms. The van der Waals surface area contributed by atoms with Gasteiger partial charge in [0.05, 0.1) is 0 Å². The fourth-order valence-electron chi connectivity index (χ4n) is 0.538. The van der Waals surface area contributed by atoms with E-state index in [9.17, 15) is 8.42 Å². The average molecular weight is 209 g/mol. The van der Waals surface area contributed by atoms with Gasteiger partial charge < -0.3 is 4.90 Å². The Kier molecular flexibility index (Phi) is 4.83. The third kappa shape index (κ3) is 4.56. The zero-order valence-corrected chi connectivity index (χ0v) is 9.72. The lowest BCUT2D eigenvalue weighted by atomic mass is 10.3. The highest BCUT2D eigenvalue weighted by Gasteiger charge is 2.14. The minimum Gasteiger partial charge on any atom is -0.305 e. The Bertz CT molecular complexity index is 236. The highest BCUT2D eigenvalue weighted by Crippen LogP contribution is 1.92. The van der Waals surface area contributed by atoms with Gasteiger partial charge in [-0.25, -0.2) is 4.72 Å². The SMILES string of the molecule is CC(CNS(=O)(=O)N(C)C)N(C)C. The molecule has 0 aliphatic heterocycles. The predicted molar refractivity (Wildman–Crippen MR) is 53.8 cm³/mol. The predicted octanol–water partition coefficient (Wildman–Crippen LogP) is -0.667. The lowest BCUT2D eigenvalue weighted by molar-refractivity contribution is 0.312. The van der Waals surface area contributed by atoms with Crippen LogP contribution < -0.4 is 4.72 Å². The maximum atomic E-state index is 11.3. The molecule has 0 heterocycles. The first kappa shape index (κ1) is 12.8. The Hall–Kier alpha value is -0.170. The van der Waals surface area contributed by atoms with Gasteiger partial charge in [-0.15, -0.1) is 0 Å². The summed E-state index contributed by atoms with van der Waals surface area (Å²) in [5.41, 5.74) is 0. The van der Waals surface area contributed by atoms with Crippen LogP contribution in [0.3, 0.4) is 0 Å². The summed E-state index contributed by atoms with van der Waals surface area (Å²) < 4.78 is 26.2. The minimum atomic E-state index is -3.27. The molecule has 0 aliphatic rings. The summed E-state index contributed by atoms with van der Waals surface area (Å²) in [6, 6.07) is 0.190. The second-order valence-electron chi connectivity index (χ2n) is 3.45. The van der Waals surface area contributed by atoms with Crippen molar-refractivity contribution in [1.29, 1.82) is 0 Å². The lowest BCUT2D eigenvalue weighted by Crippen LogP contribution is -2.42. The van der Waals surface area contributed by atoms with E-state index in [4.69, 9.17) is 0 Å². The molecule has 1 unspecified atom stereocenters. The zero-order chi connectivity index (χ0) is 10.6. The number of likely N-dealkylation sites (N-methyl/N-ethyl adjacent to an activating group) is 1. The molecule has 0 aromatic rings. The Morgan fingerprint density at radius 3 is 2.00 bits per heavy atom. The van der Waals surface area contributed by atoms with Crippen LogP contribution in [0.2, 0.25) is 0 Å². The summed E-state index contributed by atoms with van der Waals surface area (Å²) in [5, 5.41) is 0. The second kappa shape index (κ2) is 4.90. The molecular formula is C7H19N3O2S. The van der Waals surface area contributed by atoms with Crippen molar-refractivity contribution >= 4 is 10.2 Å². The highest BCUT2D eigenvalue weighted by atomic mass is 32.2. The molecule has 0 rings (SSSR count). The molecule has 1 atom stereocenters. The van der Waals surface area contributed by atoms with Gasteiger partial charge >= 0.3 is 0 Å². The third-order valence-electron chi connectivity index (χ3n) is 1.92. The fraction of sp³-hybridized carbons (Fsp3) is 1.00. The van der Waals surface area contributed by atoms with Crippen LogP contribution >= 0.6 is 0 Å². The van der Waals surface area contributed by atoms with Crippen LogP contribution in [0.4, 0.5) is 0 Å². The molecule has 0 aromatic carbocycles. The maximum Gasteiger partial charge on any atom is 0.278 e. The second-order valence-corrected chi connectivity index (χ2v) is 5.42. The van der Waals surface area contributed by atoms with Gasteiger partial charge in [0.1, 0.15) is 0 Å². The first-order chi connectivity index (χ1) is 5.77. The Balaban J connectivity index is 4.04. The largest absolute Gasteiger partial charge is 0.305 e. The van der Waals surface area contributed by atoms with E-state index in [1.165, 1.54) is 14.1 Å². The van der Waals surface area contributed by atoms with Gasteiger partial charge in [-0.3, -0.25) is 0 Å². The molecule has 0 aliphatic carbocycles. The summed E-state index contributed by atoms with van der Waals surface area (Å²) in [6.45, 7) is 2.38. The van der Waals surface area contributed by atoms with E-state index in [0.717, 1.165) is 4.31 Å². The quantitative estimate of drug-likeness (QED) is 0.653. The minimum absolute atomic E-state index is 0.190. The van der Waals surface area contributed by atoms with Crippen molar-refractivity contribution in [2.75, 3.05) is 34.7 Å². The van der Waals surface area contributed by atoms with Crippen molar-refractivity contribution in [1.82, 2.24) is 13.9 Å². The van der Waals surface area contributed by atoms with Crippen LogP contribution in [-0.2, 0) is 10.2 Å². The number of nitrogens with one attached hydrogen (secondary N) is 1. The van der Waals surface area contributed by atoms with Crippen LogP contribution in [-0.4, -0.2) is 58.4 Å². The van der Waals surface area contributed by atoms with Crippen LogP contribution in [0.5, 0.6) is 0 Å². The summed E-state index contributed by atoms with van der Waals surface area (Å²) in [4.78, 5) is 1.96. The van der Waals surface area contributed by atoms with E-state index in [0.29, 0.717) is 6.54 Å². The van der Waals surface area contributed by atoms with E-state index < -0.39 is 10.2 Å². The highest BCUT2D eigenvalue weighted by molar-refractivity contribution is 7.87. The van der Waals surface area contributed by atoms with Crippen LogP contribution in [0.25, 0.3) is 0 Å². The number of rotatable bonds is 5. The van der Waals surface area contributed by atoms with Gasteiger partial charge in [0.25, 0.3) is 10.2 Å². The molecule has 0 aromatic heterocycles. The first-order valence-electron chi connectivity index (χ1n) is 4.11. The Labute approximate surface area is 80.9 Å². The van der Waals surface area contributed by atoms with E-state index >= 15 is 0 Å². The van der Waals surface area contributed by atoms with Crippen molar-refractivity contribution in [3.63, 3.8) is 0 Å². The Morgan fingerprint density at radius 1 is 1.23 bits per heavy atom. The number of nitrogens with zero attached hydrogens (tertiary/aromatic N) is 2. The van der Waals surface area contributed by atoms with Gasteiger partial charge in [0, 0.05) is 26.7 Å². The van der Waals surface area contributed by atoms with Crippen LogP contribution in [0.1, 0.15) is 6.92 Å². The Morgan fingerprint density at radius 2 is 1.69 bits per heavy atom. The molecule has 0 spiro atoms. The van der Waals surface area contributed by atoms with Crippen LogP contribution in [0, 0.1) is 0 Å². The summed E-state index contributed by atoms with van der Waals surface area (Å²) in [6.07, 6.45) is 0. The topological polar surface area (TPSA) is 52.7 Å². The molecule has 0 fully saturated rings. The van der Waals surface area contributed by atoms with Crippen molar-refractivity contribution < 1.29 is 8.42 Å². The molecule has 5 nitrogen and oxygen atoms in total. The van der Waals surface area contributed by atoms with E-state index in [1.54, 1.807) is 0 Å². The lowest BCUT2D eigenvalue weighted by Gasteiger charge is -2.21. The van der Waals surface area contributed by atoms with Gasteiger partial charge in [-0.1, -0.05) is 0 Å². The molecule has 1 N–H and O–H groups in total. The number of hydrogen-bond donors (Lipinski definition) is 1. The molecular weight excluding hydrogens is 190 g/mol. The van der Waals surface area contributed by atoms with Crippen molar-refractivity contribution in [3.05, 3.63) is 0 Å². The fourth-order valence-corrected chi connectivity index (χ4v) is 1.25. The summed E-state index contributed by atoms with van der Waals surface area (Å²) >= 11 is 0. The van der Waals surface area contributed by atoms with Crippen molar-refractivity contribution in [2.45, 2.75) is 13.0 Å². The monoisotopic (exact) mass is 209 g/mol. The van der Waals surface area contributed by atoms with E-state index in [-0.39, 0.29) is 6.04 Å². The zero-order valence-electron chi connectivity index (χ0n) is 8.90. The summed E-state index contributed by atoms with van der Waals surface area (Å²) in [7, 11) is 3.56. The summed E-state index contributed by atoms with van der Waals surface area (Å²) in [5.74, 6) is 0. The molecule has 0 saturated heterocycles. The third-order valence-corrected chi connectivity index (χ3v) is 3.42. The van der Waals surface area contributed by atoms with Gasteiger partial charge in [-0.2, -0.15) is 12.7 Å². The number of hydrogen-bond acceptors (Lipinski definition) is 3.